The van der Waals surface area contributed by atoms with Gasteiger partial charge >= 0.3 is 12.3 Å². The Morgan fingerprint density at radius 1 is 1.40 bits per heavy atom. The smallest absolute Gasteiger partial charge is 0.419 e. The Balaban J connectivity index is 1.93. The van der Waals surface area contributed by atoms with E-state index < -0.39 is 29.2 Å². The quantitative estimate of drug-likeness (QED) is 0.828. The number of hydrogen-bond acceptors (Lipinski definition) is 2. The maximum atomic E-state index is 13.6. The van der Waals surface area contributed by atoms with Crippen LogP contribution >= 0.6 is 0 Å². The molecule has 1 amide bonds. The first-order valence-electron chi connectivity index (χ1n) is 8.23. The van der Waals surface area contributed by atoms with E-state index in [1.54, 1.807) is 0 Å². The lowest BCUT2D eigenvalue weighted by Gasteiger charge is -2.34. The van der Waals surface area contributed by atoms with E-state index >= 15 is 0 Å². The average molecular weight is 360 g/mol. The van der Waals surface area contributed by atoms with Crippen molar-refractivity contribution in [2.24, 2.45) is 0 Å². The van der Waals surface area contributed by atoms with Gasteiger partial charge in [0.1, 0.15) is 5.82 Å². The summed E-state index contributed by atoms with van der Waals surface area (Å²) in [5, 5.41) is 9.65. The summed E-state index contributed by atoms with van der Waals surface area (Å²) in [6, 6.07) is 2.86. The molecule has 2 aliphatic rings. The molecule has 1 unspecified atom stereocenters. The first-order chi connectivity index (χ1) is 11.6. The zero-order chi connectivity index (χ0) is 18.4. The minimum absolute atomic E-state index is 0.0520. The summed E-state index contributed by atoms with van der Waals surface area (Å²) in [6.07, 6.45) is -3.26. The molecular weight excluding hydrogens is 340 g/mol. The molecule has 8 heteroatoms. The van der Waals surface area contributed by atoms with E-state index in [1.165, 1.54) is 11.0 Å². The van der Waals surface area contributed by atoms with Gasteiger partial charge in [0.05, 0.1) is 11.1 Å². The number of likely N-dealkylation sites (N-methyl/N-ethyl adjacent to an activating group) is 1. The zero-order valence-electron chi connectivity index (χ0n) is 13.8. The standard InChI is InChI=1S/C17H20F4N2O2/c1-22-8-2-3-12(22)10-23(15(24)25)16(6-7-16)11-4-5-14(18)13(9-11)17(19,20)21/h4-5,9,12H,2-3,6-8,10H2,1H3,(H,24,25). The highest BCUT2D eigenvalue weighted by Crippen LogP contribution is 2.52. The van der Waals surface area contributed by atoms with Gasteiger partial charge in [0.25, 0.3) is 0 Å². The van der Waals surface area contributed by atoms with Gasteiger partial charge < -0.3 is 10.0 Å². The van der Waals surface area contributed by atoms with Gasteiger partial charge in [-0.1, -0.05) is 6.07 Å². The van der Waals surface area contributed by atoms with Crippen LogP contribution in [0.25, 0.3) is 0 Å². The van der Waals surface area contributed by atoms with Crippen LogP contribution in [0.4, 0.5) is 22.4 Å². The van der Waals surface area contributed by atoms with Crippen LogP contribution in [0, 0.1) is 5.82 Å². The lowest BCUT2D eigenvalue weighted by Crippen LogP contribution is -2.46. The van der Waals surface area contributed by atoms with Gasteiger partial charge in [-0.3, -0.25) is 4.90 Å². The summed E-state index contributed by atoms with van der Waals surface area (Å²) in [5.41, 5.74) is -2.12. The van der Waals surface area contributed by atoms with Gasteiger partial charge in [0, 0.05) is 12.6 Å². The Kier molecular flexibility index (Phi) is 4.43. The van der Waals surface area contributed by atoms with E-state index in [-0.39, 0.29) is 18.2 Å². The molecule has 1 aromatic rings. The number of carboxylic acid groups (broad SMARTS) is 1. The summed E-state index contributed by atoms with van der Waals surface area (Å²) in [6.45, 7) is 1.12. The number of amides is 1. The molecule has 0 radical (unpaired) electrons. The maximum Gasteiger partial charge on any atom is 0.419 e. The van der Waals surface area contributed by atoms with Crippen molar-refractivity contribution in [2.75, 3.05) is 20.1 Å². The van der Waals surface area contributed by atoms with Crippen LogP contribution in [-0.2, 0) is 11.7 Å². The minimum Gasteiger partial charge on any atom is -0.465 e. The van der Waals surface area contributed by atoms with E-state index in [1.807, 2.05) is 7.05 Å². The van der Waals surface area contributed by atoms with Crippen molar-refractivity contribution in [1.82, 2.24) is 9.80 Å². The van der Waals surface area contributed by atoms with E-state index in [4.69, 9.17) is 0 Å². The average Bonchev–Trinajstić information content (AvgIpc) is 3.21. The number of alkyl halides is 3. The number of carbonyl (C=O) groups is 1. The van der Waals surface area contributed by atoms with E-state index in [0.29, 0.717) is 12.8 Å². The van der Waals surface area contributed by atoms with Crippen molar-refractivity contribution in [3.8, 4) is 0 Å². The van der Waals surface area contributed by atoms with E-state index in [2.05, 4.69) is 4.90 Å². The van der Waals surface area contributed by atoms with Crippen molar-refractivity contribution in [3.05, 3.63) is 35.1 Å². The molecule has 0 spiro atoms. The van der Waals surface area contributed by atoms with Crippen LogP contribution in [0.15, 0.2) is 18.2 Å². The Morgan fingerprint density at radius 2 is 2.08 bits per heavy atom. The molecule has 25 heavy (non-hydrogen) atoms. The lowest BCUT2D eigenvalue weighted by atomic mass is 9.99. The third-order valence-electron chi connectivity index (χ3n) is 5.35. The molecule has 1 saturated carbocycles. The fourth-order valence-corrected chi connectivity index (χ4v) is 3.72. The molecule has 1 heterocycles. The van der Waals surface area contributed by atoms with Crippen LogP contribution in [-0.4, -0.2) is 47.2 Å². The van der Waals surface area contributed by atoms with Crippen LogP contribution in [0.1, 0.15) is 36.8 Å². The van der Waals surface area contributed by atoms with Crippen molar-refractivity contribution in [1.29, 1.82) is 0 Å². The molecule has 0 bridgehead atoms. The summed E-state index contributed by atoms with van der Waals surface area (Å²) < 4.78 is 52.6. The Hall–Kier alpha value is -1.83. The number of benzene rings is 1. The largest absolute Gasteiger partial charge is 0.465 e. The summed E-state index contributed by atoms with van der Waals surface area (Å²) >= 11 is 0. The fraction of sp³-hybridized carbons (Fsp3) is 0.588. The topological polar surface area (TPSA) is 43.8 Å². The third-order valence-corrected chi connectivity index (χ3v) is 5.35. The second-order valence-electron chi connectivity index (χ2n) is 6.89. The van der Waals surface area contributed by atoms with Crippen molar-refractivity contribution < 1.29 is 27.5 Å². The van der Waals surface area contributed by atoms with E-state index in [9.17, 15) is 27.5 Å². The number of hydrogen-bond donors (Lipinski definition) is 1. The molecule has 1 aromatic carbocycles. The predicted octanol–water partition coefficient (Wildman–Crippen LogP) is 3.91. The fourth-order valence-electron chi connectivity index (χ4n) is 3.72. The first-order valence-corrected chi connectivity index (χ1v) is 8.23. The molecule has 4 nitrogen and oxygen atoms in total. The van der Waals surface area contributed by atoms with Gasteiger partial charge in [-0.25, -0.2) is 9.18 Å². The van der Waals surface area contributed by atoms with E-state index in [0.717, 1.165) is 31.5 Å². The van der Waals surface area contributed by atoms with Crippen molar-refractivity contribution >= 4 is 6.09 Å². The number of likely N-dealkylation sites (tertiary alicyclic amines) is 1. The van der Waals surface area contributed by atoms with Gasteiger partial charge in [-0.15, -0.1) is 0 Å². The third kappa shape index (κ3) is 3.31. The number of rotatable bonds is 4. The number of nitrogens with zero attached hydrogens (tertiary/aromatic N) is 2. The SMILES string of the molecule is CN1CCCC1CN(C(=O)O)C1(c2ccc(F)c(C(F)(F)F)c2)CC1. The number of halogens is 4. The molecule has 1 saturated heterocycles. The highest BCUT2D eigenvalue weighted by Gasteiger charge is 2.53. The molecule has 1 aliphatic heterocycles. The van der Waals surface area contributed by atoms with Gasteiger partial charge in [0.15, 0.2) is 0 Å². The molecule has 138 valence electrons. The van der Waals surface area contributed by atoms with Crippen molar-refractivity contribution in [2.45, 2.75) is 43.4 Å². The van der Waals surface area contributed by atoms with Crippen LogP contribution in [0.5, 0.6) is 0 Å². The monoisotopic (exact) mass is 360 g/mol. The molecule has 1 N–H and O–H groups in total. The second-order valence-corrected chi connectivity index (χ2v) is 6.89. The first kappa shape index (κ1) is 18.0. The summed E-state index contributed by atoms with van der Waals surface area (Å²) in [7, 11) is 1.91. The molecule has 2 fully saturated rings. The normalized spacial score (nSPS) is 22.8. The molecule has 1 aliphatic carbocycles. The highest BCUT2D eigenvalue weighted by atomic mass is 19.4. The summed E-state index contributed by atoms with van der Waals surface area (Å²) in [5.74, 6) is -1.34. The minimum atomic E-state index is -4.81. The van der Waals surface area contributed by atoms with Crippen LogP contribution < -0.4 is 0 Å². The van der Waals surface area contributed by atoms with Gasteiger partial charge in [-0.2, -0.15) is 13.2 Å². The molecule has 1 atom stereocenters. The van der Waals surface area contributed by atoms with Gasteiger partial charge in [-0.05, 0) is 57.0 Å². The lowest BCUT2D eigenvalue weighted by molar-refractivity contribution is -0.140. The Bertz CT molecular complexity index is 673. The maximum absolute atomic E-state index is 13.6. The van der Waals surface area contributed by atoms with Crippen LogP contribution in [0.3, 0.4) is 0 Å². The highest BCUT2D eigenvalue weighted by molar-refractivity contribution is 5.68. The molecule has 3 rings (SSSR count). The molecule has 0 aromatic heterocycles. The summed E-state index contributed by atoms with van der Waals surface area (Å²) in [4.78, 5) is 15.1. The predicted molar refractivity (Wildman–Crippen MR) is 82.7 cm³/mol. The zero-order valence-corrected chi connectivity index (χ0v) is 13.8. The Morgan fingerprint density at radius 3 is 2.56 bits per heavy atom. The van der Waals surface area contributed by atoms with Gasteiger partial charge in [0.2, 0.25) is 0 Å². The second kappa shape index (κ2) is 6.16. The Labute approximate surface area is 143 Å². The molecular formula is C17H20F4N2O2. The van der Waals surface area contributed by atoms with Crippen LogP contribution in [0.2, 0.25) is 0 Å². The van der Waals surface area contributed by atoms with Crippen molar-refractivity contribution in [3.63, 3.8) is 0 Å².